The predicted octanol–water partition coefficient (Wildman–Crippen LogP) is 2.07. The number of hydrogen-bond acceptors (Lipinski definition) is 3. The SMILES string of the molecule is CCN(CC(=O)NCCC1=CCCCC1)C1CCCNC1. The number of carbonyl (C=O) groups excluding carboxylic acids is 1. The van der Waals surface area contributed by atoms with Crippen molar-refractivity contribution in [1.82, 2.24) is 15.5 Å². The van der Waals surface area contributed by atoms with Crippen LogP contribution in [-0.4, -0.2) is 49.6 Å². The van der Waals surface area contributed by atoms with Gasteiger partial charge in [0.05, 0.1) is 6.54 Å². The lowest BCUT2D eigenvalue weighted by Gasteiger charge is -2.33. The third-order valence-corrected chi connectivity index (χ3v) is 4.69. The number of hydrogen-bond donors (Lipinski definition) is 2. The summed E-state index contributed by atoms with van der Waals surface area (Å²) in [6, 6.07) is 0.524. The van der Waals surface area contributed by atoms with Gasteiger partial charge in [0, 0.05) is 19.1 Å². The highest BCUT2D eigenvalue weighted by atomic mass is 16.2. The van der Waals surface area contributed by atoms with Crippen molar-refractivity contribution in [2.75, 3.05) is 32.7 Å². The second-order valence-electron chi connectivity index (χ2n) is 6.27. The monoisotopic (exact) mass is 293 g/mol. The summed E-state index contributed by atoms with van der Waals surface area (Å²) in [4.78, 5) is 14.4. The van der Waals surface area contributed by atoms with E-state index in [0.29, 0.717) is 12.6 Å². The second-order valence-corrected chi connectivity index (χ2v) is 6.27. The molecule has 0 aromatic rings. The van der Waals surface area contributed by atoms with E-state index < -0.39 is 0 Å². The first-order valence-corrected chi connectivity index (χ1v) is 8.69. The Morgan fingerprint density at radius 1 is 1.43 bits per heavy atom. The van der Waals surface area contributed by atoms with Crippen LogP contribution in [0.2, 0.25) is 0 Å². The maximum atomic E-state index is 12.1. The minimum atomic E-state index is 0.179. The Balaban J connectivity index is 1.66. The van der Waals surface area contributed by atoms with E-state index in [9.17, 15) is 4.79 Å². The number of nitrogens with zero attached hydrogens (tertiary/aromatic N) is 1. The van der Waals surface area contributed by atoms with Crippen LogP contribution in [0.1, 0.15) is 51.9 Å². The minimum absolute atomic E-state index is 0.179. The van der Waals surface area contributed by atoms with Gasteiger partial charge in [-0.2, -0.15) is 0 Å². The van der Waals surface area contributed by atoms with Crippen molar-refractivity contribution in [2.24, 2.45) is 0 Å². The maximum Gasteiger partial charge on any atom is 0.234 e. The van der Waals surface area contributed by atoms with E-state index in [1.54, 1.807) is 0 Å². The van der Waals surface area contributed by atoms with Crippen LogP contribution >= 0.6 is 0 Å². The van der Waals surface area contributed by atoms with Crippen LogP contribution in [0.3, 0.4) is 0 Å². The molecule has 2 N–H and O–H groups in total. The first-order valence-electron chi connectivity index (χ1n) is 8.69. The molecule has 1 aliphatic carbocycles. The van der Waals surface area contributed by atoms with Gasteiger partial charge in [-0.25, -0.2) is 0 Å². The molecule has 4 nitrogen and oxygen atoms in total. The first kappa shape index (κ1) is 16.5. The number of nitrogens with one attached hydrogen (secondary N) is 2. The van der Waals surface area contributed by atoms with Crippen LogP contribution in [0.5, 0.6) is 0 Å². The van der Waals surface area contributed by atoms with Gasteiger partial charge in [-0.3, -0.25) is 9.69 Å². The quantitative estimate of drug-likeness (QED) is 0.706. The molecule has 0 bridgehead atoms. The summed E-state index contributed by atoms with van der Waals surface area (Å²) in [5.74, 6) is 0.179. The van der Waals surface area contributed by atoms with Crippen molar-refractivity contribution in [2.45, 2.75) is 57.9 Å². The van der Waals surface area contributed by atoms with Crippen LogP contribution in [0.15, 0.2) is 11.6 Å². The van der Waals surface area contributed by atoms with Crippen molar-refractivity contribution < 1.29 is 4.79 Å². The molecular weight excluding hydrogens is 262 g/mol. The number of allylic oxidation sites excluding steroid dienone is 1. The Kier molecular flexibility index (Phi) is 7.24. The van der Waals surface area contributed by atoms with E-state index in [1.165, 1.54) is 44.1 Å². The Bertz CT molecular complexity index is 348. The molecule has 1 aliphatic heterocycles. The van der Waals surface area contributed by atoms with Crippen LogP contribution < -0.4 is 10.6 Å². The average Bonchev–Trinajstić information content (AvgIpc) is 2.54. The van der Waals surface area contributed by atoms with Gasteiger partial charge in [0.1, 0.15) is 0 Å². The summed E-state index contributed by atoms with van der Waals surface area (Å²) >= 11 is 0. The molecule has 21 heavy (non-hydrogen) atoms. The third kappa shape index (κ3) is 5.79. The van der Waals surface area contributed by atoms with Crippen LogP contribution in [-0.2, 0) is 4.79 Å². The molecule has 4 heteroatoms. The van der Waals surface area contributed by atoms with Gasteiger partial charge in [0.25, 0.3) is 0 Å². The highest BCUT2D eigenvalue weighted by molar-refractivity contribution is 5.78. The number of amides is 1. The molecule has 2 rings (SSSR count). The van der Waals surface area contributed by atoms with Gasteiger partial charge in [-0.1, -0.05) is 18.6 Å². The van der Waals surface area contributed by atoms with Crippen molar-refractivity contribution in [3.05, 3.63) is 11.6 Å². The largest absolute Gasteiger partial charge is 0.355 e. The zero-order valence-corrected chi connectivity index (χ0v) is 13.5. The smallest absolute Gasteiger partial charge is 0.234 e. The predicted molar refractivity (Wildman–Crippen MR) is 87.3 cm³/mol. The zero-order valence-electron chi connectivity index (χ0n) is 13.5. The van der Waals surface area contributed by atoms with Gasteiger partial charge in [0.15, 0.2) is 0 Å². The highest BCUT2D eigenvalue weighted by Gasteiger charge is 2.21. The Labute approximate surface area is 129 Å². The van der Waals surface area contributed by atoms with E-state index in [1.807, 2.05) is 0 Å². The van der Waals surface area contributed by atoms with E-state index in [0.717, 1.165) is 32.6 Å². The van der Waals surface area contributed by atoms with Crippen molar-refractivity contribution >= 4 is 5.91 Å². The van der Waals surface area contributed by atoms with E-state index >= 15 is 0 Å². The molecule has 1 heterocycles. The van der Waals surface area contributed by atoms with Crippen molar-refractivity contribution in [3.8, 4) is 0 Å². The fraction of sp³-hybridized carbons (Fsp3) is 0.824. The fourth-order valence-corrected chi connectivity index (χ4v) is 3.38. The molecule has 1 saturated heterocycles. The van der Waals surface area contributed by atoms with Crippen LogP contribution in [0.4, 0.5) is 0 Å². The molecule has 0 aromatic heterocycles. The van der Waals surface area contributed by atoms with E-state index in [2.05, 4.69) is 28.5 Å². The molecule has 1 atom stereocenters. The maximum absolute atomic E-state index is 12.1. The Morgan fingerprint density at radius 3 is 3.00 bits per heavy atom. The van der Waals surface area contributed by atoms with E-state index in [-0.39, 0.29) is 5.91 Å². The number of rotatable bonds is 7. The molecule has 0 radical (unpaired) electrons. The lowest BCUT2D eigenvalue weighted by atomic mass is 9.97. The van der Waals surface area contributed by atoms with Gasteiger partial charge in [0.2, 0.25) is 5.91 Å². The highest BCUT2D eigenvalue weighted by Crippen LogP contribution is 2.19. The summed E-state index contributed by atoms with van der Waals surface area (Å²) in [5, 5.41) is 6.52. The Hall–Kier alpha value is -0.870. The first-order chi connectivity index (χ1) is 10.3. The molecule has 1 amide bonds. The fourth-order valence-electron chi connectivity index (χ4n) is 3.38. The number of carbonyl (C=O) groups is 1. The summed E-state index contributed by atoms with van der Waals surface area (Å²) in [6.45, 7) is 6.58. The summed E-state index contributed by atoms with van der Waals surface area (Å²) < 4.78 is 0. The van der Waals surface area contributed by atoms with Gasteiger partial charge < -0.3 is 10.6 Å². The molecule has 0 aromatic carbocycles. The topological polar surface area (TPSA) is 44.4 Å². The minimum Gasteiger partial charge on any atom is -0.355 e. The summed E-state index contributed by atoms with van der Waals surface area (Å²) in [7, 11) is 0. The molecule has 0 saturated carbocycles. The van der Waals surface area contributed by atoms with Crippen LogP contribution in [0, 0.1) is 0 Å². The second kappa shape index (κ2) is 9.21. The summed E-state index contributed by atoms with van der Waals surface area (Å²) in [5.41, 5.74) is 1.53. The molecule has 1 unspecified atom stereocenters. The zero-order chi connectivity index (χ0) is 14.9. The average molecular weight is 293 g/mol. The number of piperidine rings is 1. The lowest BCUT2D eigenvalue weighted by Crippen LogP contribution is -2.49. The Morgan fingerprint density at radius 2 is 2.33 bits per heavy atom. The van der Waals surface area contributed by atoms with Gasteiger partial charge >= 0.3 is 0 Å². The van der Waals surface area contributed by atoms with Crippen molar-refractivity contribution in [3.63, 3.8) is 0 Å². The lowest BCUT2D eigenvalue weighted by molar-refractivity contribution is -0.122. The van der Waals surface area contributed by atoms with Gasteiger partial charge in [-0.15, -0.1) is 0 Å². The standard InChI is InChI=1S/C17H31N3O/c1-2-20(16-9-6-11-18-13-16)14-17(21)19-12-10-15-7-4-3-5-8-15/h7,16,18H,2-6,8-14H2,1H3,(H,19,21). The summed E-state index contributed by atoms with van der Waals surface area (Å²) in [6.07, 6.45) is 10.9. The molecule has 120 valence electrons. The van der Waals surface area contributed by atoms with Crippen LogP contribution in [0.25, 0.3) is 0 Å². The molecular formula is C17H31N3O. The number of likely N-dealkylation sites (N-methyl/N-ethyl adjacent to an activating group) is 1. The molecule has 0 spiro atoms. The van der Waals surface area contributed by atoms with Gasteiger partial charge in [-0.05, 0) is 58.0 Å². The molecule has 1 fully saturated rings. The third-order valence-electron chi connectivity index (χ3n) is 4.69. The van der Waals surface area contributed by atoms with Crippen molar-refractivity contribution in [1.29, 1.82) is 0 Å². The van der Waals surface area contributed by atoms with E-state index in [4.69, 9.17) is 0 Å². The molecule has 2 aliphatic rings. The normalized spacial score (nSPS) is 23.0.